The quantitative estimate of drug-likeness (QED) is 0.757. The van der Waals surface area contributed by atoms with Crippen molar-refractivity contribution in [3.8, 4) is 5.75 Å². The second-order valence-corrected chi connectivity index (χ2v) is 6.74. The van der Waals surface area contributed by atoms with Crippen LogP contribution in [-0.4, -0.2) is 18.6 Å². The lowest BCUT2D eigenvalue weighted by atomic mass is 10.0. The van der Waals surface area contributed by atoms with E-state index in [0.29, 0.717) is 24.9 Å². The smallest absolute Gasteiger partial charge is 0.237 e. The van der Waals surface area contributed by atoms with Crippen molar-refractivity contribution in [3.63, 3.8) is 0 Å². The number of carbonyl (C=O) groups is 1. The van der Waals surface area contributed by atoms with E-state index in [1.807, 2.05) is 31.2 Å². The van der Waals surface area contributed by atoms with Gasteiger partial charge >= 0.3 is 0 Å². The average molecular weight is 343 g/mol. The zero-order chi connectivity index (χ0) is 16.7. The maximum absolute atomic E-state index is 12.0. The molecule has 1 aromatic rings. The van der Waals surface area contributed by atoms with E-state index in [0.717, 1.165) is 11.3 Å². The number of benzene rings is 1. The summed E-state index contributed by atoms with van der Waals surface area (Å²) < 4.78 is 5.66. The first kappa shape index (κ1) is 21.7. The van der Waals surface area contributed by atoms with Gasteiger partial charge in [-0.2, -0.15) is 0 Å². The van der Waals surface area contributed by atoms with Crippen LogP contribution in [0.5, 0.6) is 5.75 Å². The number of halogens is 1. The van der Waals surface area contributed by atoms with Crippen LogP contribution in [0.4, 0.5) is 0 Å². The number of hydrogen-bond acceptors (Lipinski definition) is 3. The molecule has 0 fully saturated rings. The molecule has 2 atom stereocenters. The Bertz CT molecular complexity index is 461. The van der Waals surface area contributed by atoms with E-state index in [4.69, 9.17) is 10.5 Å². The normalized spacial score (nSPS) is 13.4. The number of rotatable bonds is 8. The maximum Gasteiger partial charge on any atom is 0.237 e. The van der Waals surface area contributed by atoms with Gasteiger partial charge in [-0.3, -0.25) is 4.79 Å². The van der Waals surface area contributed by atoms with Crippen molar-refractivity contribution in [1.82, 2.24) is 5.32 Å². The van der Waals surface area contributed by atoms with E-state index in [1.165, 1.54) is 0 Å². The first-order valence-electron chi connectivity index (χ1n) is 8.08. The van der Waals surface area contributed by atoms with E-state index >= 15 is 0 Å². The van der Waals surface area contributed by atoms with Crippen molar-refractivity contribution < 1.29 is 9.53 Å². The van der Waals surface area contributed by atoms with Crippen molar-refractivity contribution in [2.24, 2.45) is 17.6 Å². The molecule has 1 rings (SSSR count). The van der Waals surface area contributed by atoms with Crippen molar-refractivity contribution in [1.29, 1.82) is 0 Å². The van der Waals surface area contributed by atoms with Gasteiger partial charge < -0.3 is 15.8 Å². The topological polar surface area (TPSA) is 64.3 Å². The summed E-state index contributed by atoms with van der Waals surface area (Å²) >= 11 is 0. The maximum atomic E-state index is 12.0. The van der Waals surface area contributed by atoms with Crippen molar-refractivity contribution >= 4 is 18.3 Å². The van der Waals surface area contributed by atoms with Crippen LogP contribution in [0.2, 0.25) is 0 Å². The minimum atomic E-state index is -0.448. The van der Waals surface area contributed by atoms with E-state index in [-0.39, 0.29) is 24.4 Å². The largest absolute Gasteiger partial charge is 0.493 e. The van der Waals surface area contributed by atoms with Crippen molar-refractivity contribution in [2.45, 2.75) is 53.1 Å². The summed E-state index contributed by atoms with van der Waals surface area (Å²) in [6.45, 7) is 11.0. The van der Waals surface area contributed by atoms with Gasteiger partial charge in [-0.25, -0.2) is 0 Å². The molecule has 1 aromatic carbocycles. The van der Waals surface area contributed by atoms with Crippen LogP contribution in [-0.2, 0) is 4.79 Å². The predicted molar refractivity (Wildman–Crippen MR) is 98.0 cm³/mol. The van der Waals surface area contributed by atoms with Gasteiger partial charge in [0.25, 0.3) is 0 Å². The zero-order valence-electron chi connectivity index (χ0n) is 14.8. The molecule has 0 spiro atoms. The molecule has 23 heavy (non-hydrogen) atoms. The summed E-state index contributed by atoms with van der Waals surface area (Å²) in [6.07, 6.45) is 0.695. The van der Waals surface area contributed by atoms with Gasteiger partial charge in [0, 0.05) is 0 Å². The molecule has 0 bridgehead atoms. The van der Waals surface area contributed by atoms with Gasteiger partial charge in [0.1, 0.15) is 5.75 Å². The standard InChI is InChI=1S/C18H30N2O2.ClH/c1-12(2)10-17(19)18(21)20-14(5)15-6-8-16(9-7-15)22-11-13(3)4;/h6-9,12-14,17H,10-11,19H2,1-5H3,(H,20,21);1H/t14?,17-;/m0./s1. The Hall–Kier alpha value is -1.26. The summed E-state index contributed by atoms with van der Waals surface area (Å²) in [5.74, 6) is 1.67. The molecule has 1 unspecified atom stereocenters. The van der Waals surface area contributed by atoms with Crippen LogP contribution in [0.15, 0.2) is 24.3 Å². The fraction of sp³-hybridized carbons (Fsp3) is 0.611. The molecule has 0 radical (unpaired) electrons. The van der Waals surface area contributed by atoms with Crippen LogP contribution in [0, 0.1) is 11.8 Å². The number of nitrogens with one attached hydrogen (secondary N) is 1. The van der Waals surface area contributed by atoms with Crippen LogP contribution in [0.1, 0.15) is 52.6 Å². The molecule has 5 heteroatoms. The molecule has 0 saturated heterocycles. The zero-order valence-corrected chi connectivity index (χ0v) is 15.7. The minimum Gasteiger partial charge on any atom is -0.493 e. The highest BCUT2D eigenvalue weighted by molar-refractivity contribution is 5.85. The lowest BCUT2D eigenvalue weighted by Gasteiger charge is -2.19. The molecule has 0 saturated carbocycles. The van der Waals surface area contributed by atoms with Crippen LogP contribution >= 0.6 is 12.4 Å². The lowest BCUT2D eigenvalue weighted by molar-refractivity contribution is -0.123. The second-order valence-electron chi connectivity index (χ2n) is 6.74. The molecular weight excluding hydrogens is 312 g/mol. The molecule has 4 nitrogen and oxygen atoms in total. The van der Waals surface area contributed by atoms with Gasteiger partial charge in [-0.1, -0.05) is 39.8 Å². The number of nitrogens with two attached hydrogens (primary N) is 1. The number of carbonyl (C=O) groups excluding carboxylic acids is 1. The summed E-state index contributed by atoms with van der Waals surface area (Å²) in [5, 5.41) is 2.97. The highest BCUT2D eigenvalue weighted by atomic mass is 35.5. The molecule has 132 valence electrons. The van der Waals surface area contributed by atoms with Gasteiger partial charge in [0.2, 0.25) is 5.91 Å². The van der Waals surface area contributed by atoms with Crippen LogP contribution in [0.3, 0.4) is 0 Å². The first-order chi connectivity index (χ1) is 10.3. The SMILES string of the molecule is CC(C)COc1ccc(C(C)NC(=O)[C@@H](N)CC(C)C)cc1.Cl. The number of ether oxygens (including phenoxy) is 1. The average Bonchev–Trinajstić information content (AvgIpc) is 2.44. The van der Waals surface area contributed by atoms with Crippen molar-refractivity contribution in [3.05, 3.63) is 29.8 Å². The first-order valence-corrected chi connectivity index (χ1v) is 8.08. The Kier molecular flexibility index (Phi) is 9.93. The highest BCUT2D eigenvalue weighted by Crippen LogP contribution is 2.18. The van der Waals surface area contributed by atoms with Gasteiger partial charge in [0.05, 0.1) is 18.7 Å². The summed E-state index contributed by atoms with van der Waals surface area (Å²) in [4.78, 5) is 12.0. The van der Waals surface area contributed by atoms with Crippen LogP contribution < -0.4 is 15.8 Å². The van der Waals surface area contributed by atoms with E-state index in [2.05, 4.69) is 33.0 Å². The Labute approximate surface area is 146 Å². The fourth-order valence-corrected chi connectivity index (χ4v) is 2.13. The van der Waals surface area contributed by atoms with Gasteiger partial charge in [-0.05, 0) is 42.9 Å². The molecule has 0 heterocycles. The fourth-order valence-electron chi connectivity index (χ4n) is 2.13. The van der Waals surface area contributed by atoms with Crippen molar-refractivity contribution in [2.75, 3.05) is 6.61 Å². The lowest BCUT2D eigenvalue weighted by Crippen LogP contribution is -2.42. The predicted octanol–water partition coefficient (Wildman–Crippen LogP) is 3.69. The Balaban J connectivity index is 0.00000484. The molecular formula is C18H31ClN2O2. The monoisotopic (exact) mass is 342 g/mol. The highest BCUT2D eigenvalue weighted by Gasteiger charge is 2.17. The third-order valence-corrected chi connectivity index (χ3v) is 3.38. The number of amides is 1. The molecule has 0 aliphatic rings. The third kappa shape index (κ3) is 8.24. The molecule has 0 aliphatic carbocycles. The van der Waals surface area contributed by atoms with E-state index in [1.54, 1.807) is 0 Å². The summed E-state index contributed by atoms with van der Waals surface area (Å²) in [5.41, 5.74) is 6.95. The molecule has 0 aliphatic heterocycles. The minimum absolute atomic E-state index is 0. The molecule has 1 amide bonds. The molecule has 0 aromatic heterocycles. The molecule has 3 N–H and O–H groups in total. The van der Waals surface area contributed by atoms with E-state index < -0.39 is 6.04 Å². The summed E-state index contributed by atoms with van der Waals surface area (Å²) in [7, 11) is 0. The Morgan fingerprint density at radius 2 is 1.65 bits per heavy atom. The number of hydrogen-bond donors (Lipinski definition) is 2. The van der Waals surface area contributed by atoms with Gasteiger partial charge in [0.15, 0.2) is 0 Å². The second kappa shape index (κ2) is 10.5. The van der Waals surface area contributed by atoms with Gasteiger partial charge in [-0.15, -0.1) is 12.4 Å². The van der Waals surface area contributed by atoms with E-state index in [9.17, 15) is 4.79 Å². The Morgan fingerprint density at radius 1 is 1.09 bits per heavy atom. The Morgan fingerprint density at radius 3 is 2.13 bits per heavy atom. The summed E-state index contributed by atoms with van der Waals surface area (Å²) in [6, 6.07) is 7.33. The van der Waals surface area contributed by atoms with Crippen LogP contribution in [0.25, 0.3) is 0 Å². The third-order valence-electron chi connectivity index (χ3n) is 3.38.